The van der Waals surface area contributed by atoms with Crippen LogP contribution in [0.4, 0.5) is 0 Å². The van der Waals surface area contributed by atoms with Gasteiger partial charge in [-0.15, -0.1) is 11.6 Å². The fraction of sp³-hybridized carbons (Fsp3) is 0.320. The third kappa shape index (κ3) is 4.43. The Hall–Kier alpha value is -2.67. The SMILES string of the molecule is CCN1CCN(C(=O)C2=CC(Cl)C(C(N)=O)(c3ccc(Cl)c(-c4ccccn4)c3)C=C2)CC1. The summed E-state index contributed by atoms with van der Waals surface area (Å²) >= 11 is 13.2. The Bertz CT molecular complexity index is 1110. The predicted molar refractivity (Wildman–Crippen MR) is 131 cm³/mol. The van der Waals surface area contributed by atoms with E-state index in [0.717, 1.165) is 19.6 Å². The number of amides is 2. The highest BCUT2D eigenvalue weighted by Gasteiger charge is 2.45. The van der Waals surface area contributed by atoms with E-state index in [9.17, 15) is 9.59 Å². The van der Waals surface area contributed by atoms with Gasteiger partial charge in [-0.05, 0) is 36.4 Å². The topological polar surface area (TPSA) is 79.5 Å². The maximum Gasteiger partial charge on any atom is 0.253 e. The lowest BCUT2D eigenvalue weighted by Crippen LogP contribution is -2.50. The molecule has 2 amide bonds. The van der Waals surface area contributed by atoms with E-state index in [1.807, 2.05) is 23.1 Å². The van der Waals surface area contributed by atoms with Gasteiger partial charge in [-0.3, -0.25) is 14.6 Å². The molecule has 4 rings (SSSR count). The van der Waals surface area contributed by atoms with E-state index in [4.69, 9.17) is 28.9 Å². The molecule has 0 radical (unpaired) electrons. The molecular formula is C25H26Cl2N4O2. The molecule has 1 aromatic heterocycles. The van der Waals surface area contributed by atoms with E-state index >= 15 is 0 Å². The van der Waals surface area contributed by atoms with Gasteiger partial charge in [0.05, 0.1) is 11.1 Å². The van der Waals surface area contributed by atoms with Crippen molar-refractivity contribution in [1.82, 2.24) is 14.8 Å². The lowest BCUT2D eigenvalue weighted by Gasteiger charge is -2.37. The van der Waals surface area contributed by atoms with Crippen molar-refractivity contribution in [2.24, 2.45) is 5.73 Å². The molecule has 2 aliphatic rings. The Labute approximate surface area is 203 Å². The smallest absolute Gasteiger partial charge is 0.253 e. The highest BCUT2D eigenvalue weighted by atomic mass is 35.5. The Balaban J connectivity index is 1.65. The van der Waals surface area contributed by atoms with Gasteiger partial charge in [0.15, 0.2) is 0 Å². The van der Waals surface area contributed by atoms with Crippen molar-refractivity contribution in [3.05, 3.63) is 77.0 Å². The van der Waals surface area contributed by atoms with Gasteiger partial charge in [-0.1, -0.05) is 48.9 Å². The minimum atomic E-state index is -1.32. The van der Waals surface area contributed by atoms with Gasteiger partial charge in [0, 0.05) is 48.5 Å². The second kappa shape index (κ2) is 9.67. The average molecular weight is 485 g/mol. The number of hydrogen-bond donors (Lipinski definition) is 1. The predicted octanol–water partition coefficient (Wildman–Crippen LogP) is 3.39. The number of carbonyl (C=O) groups excluding carboxylic acids is 2. The Morgan fingerprint density at radius 3 is 2.55 bits per heavy atom. The van der Waals surface area contributed by atoms with Gasteiger partial charge >= 0.3 is 0 Å². The third-order valence-corrected chi connectivity index (χ3v) is 7.23. The number of primary amides is 1. The Morgan fingerprint density at radius 2 is 1.94 bits per heavy atom. The zero-order chi connectivity index (χ0) is 23.6. The summed E-state index contributed by atoms with van der Waals surface area (Å²) in [6.07, 6.45) is 6.62. The van der Waals surface area contributed by atoms with Gasteiger partial charge in [-0.25, -0.2) is 0 Å². The van der Waals surface area contributed by atoms with Crippen molar-refractivity contribution in [2.75, 3.05) is 32.7 Å². The number of allylic oxidation sites excluding steroid dienone is 1. The van der Waals surface area contributed by atoms with Gasteiger partial charge in [-0.2, -0.15) is 0 Å². The first-order chi connectivity index (χ1) is 15.9. The normalized spacial score (nSPS) is 23.3. The van der Waals surface area contributed by atoms with Crippen LogP contribution in [-0.4, -0.2) is 64.7 Å². The Kier molecular flexibility index (Phi) is 6.88. The molecule has 0 saturated carbocycles. The van der Waals surface area contributed by atoms with Gasteiger partial charge in [0.2, 0.25) is 5.91 Å². The molecule has 172 valence electrons. The number of rotatable bonds is 5. The number of halogens is 2. The second-order valence-electron chi connectivity index (χ2n) is 8.23. The number of likely N-dealkylation sites (N-methyl/N-ethyl adjacent to an activating group) is 1. The molecule has 8 heteroatoms. The highest BCUT2D eigenvalue weighted by molar-refractivity contribution is 6.33. The molecule has 2 unspecified atom stereocenters. The van der Waals surface area contributed by atoms with E-state index in [2.05, 4.69) is 16.8 Å². The van der Waals surface area contributed by atoms with Crippen molar-refractivity contribution in [3.8, 4) is 11.3 Å². The molecule has 2 atom stereocenters. The number of nitrogens with zero attached hydrogens (tertiary/aromatic N) is 3. The number of benzene rings is 1. The monoisotopic (exact) mass is 484 g/mol. The number of piperazine rings is 1. The quantitative estimate of drug-likeness (QED) is 0.659. The minimum Gasteiger partial charge on any atom is -0.369 e. The molecule has 33 heavy (non-hydrogen) atoms. The van der Waals surface area contributed by atoms with Crippen LogP contribution in [-0.2, 0) is 15.0 Å². The van der Waals surface area contributed by atoms with Crippen LogP contribution < -0.4 is 5.73 Å². The van der Waals surface area contributed by atoms with Crippen molar-refractivity contribution in [2.45, 2.75) is 17.7 Å². The van der Waals surface area contributed by atoms with Crippen molar-refractivity contribution in [1.29, 1.82) is 0 Å². The molecule has 1 fully saturated rings. The molecule has 1 aromatic carbocycles. The lowest BCUT2D eigenvalue weighted by atomic mass is 9.72. The largest absolute Gasteiger partial charge is 0.369 e. The van der Waals surface area contributed by atoms with Gasteiger partial charge in [0.1, 0.15) is 5.41 Å². The first-order valence-corrected chi connectivity index (χ1v) is 11.8. The van der Waals surface area contributed by atoms with Crippen molar-refractivity contribution < 1.29 is 9.59 Å². The number of aromatic nitrogens is 1. The van der Waals surface area contributed by atoms with Crippen LogP contribution in [0.1, 0.15) is 12.5 Å². The summed E-state index contributed by atoms with van der Waals surface area (Å²) in [4.78, 5) is 34.3. The van der Waals surface area contributed by atoms with E-state index in [1.54, 1.807) is 42.6 Å². The number of nitrogens with two attached hydrogens (primary N) is 1. The van der Waals surface area contributed by atoms with Gasteiger partial charge in [0.25, 0.3) is 5.91 Å². The molecule has 1 aliphatic heterocycles. The van der Waals surface area contributed by atoms with E-state index in [1.165, 1.54) is 0 Å². The fourth-order valence-corrected chi connectivity index (χ4v) is 5.02. The van der Waals surface area contributed by atoms with E-state index in [0.29, 0.717) is 40.5 Å². The van der Waals surface area contributed by atoms with Crippen LogP contribution in [0.25, 0.3) is 11.3 Å². The van der Waals surface area contributed by atoms with E-state index in [-0.39, 0.29) is 5.91 Å². The molecule has 1 saturated heterocycles. The summed E-state index contributed by atoms with van der Waals surface area (Å²) in [5, 5.41) is -0.339. The summed E-state index contributed by atoms with van der Waals surface area (Å²) in [5.41, 5.74) is 6.98. The molecule has 2 N–H and O–H groups in total. The van der Waals surface area contributed by atoms with Crippen LogP contribution in [0.2, 0.25) is 5.02 Å². The molecular weight excluding hydrogens is 459 g/mol. The molecule has 0 bridgehead atoms. The minimum absolute atomic E-state index is 0.0870. The molecule has 6 nitrogen and oxygen atoms in total. The lowest BCUT2D eigenvalue weighted by molar-refractivity contribution is -0.128. The van der Waals surface area contributed by atoms with Crippen LogP contribution >= 0.6 is 23.2 Å². The van der Waals surface area contributed by atoms with Crippen LogP contribution in [0.3, 0.4) is 0 Å². The van der Waals surface area contributed by atoms with Crippen molar-refractivity contribution in [3.63, 3.8) is 0 Å². The zero-order valence-electron chi connectivity index (χ0n) is 18.4. The van der Waals surface area contributed by atoms with Crippen LogP contribution in [0.5, 0.6) is 0 Å². The van der Waals surface area contributed by atoms with Crippen LogP contribution in [0.15, 0.2) is 66.4 Å². The number of alkyl halides is 1. The third-order valence-electron chi connectivity index (χ3n) is 6.43. The standard InChI is InChI=1S/C25H26Cl2N4O2/c1-2-30-11-13-31(14-12-30)23(32)17-8-9-25(24(28)33,22(27)15-17)18-6-7-20(26)19(16-18)21-5-3-4-10-29-21/h3-10,15-16,22H,2,11-14H2,1H3,(H2,28,33). The summed E-state index contributed by atoms with van der Waals surface area (Å²) in [6, 6.07) is 10.8. The summed E-state index contributed by atoms with van der Waals surface area (Å²) in [6.45, 7) is 6.09. The first-order valence-electron chi connectivity index (χ1n) is 10.9. The molecule has 2 heterocycles. The molecule has 1 aliphatic carbocycles. The zero-order valence-corrected chi connectivity index (χ0v) is 19.9. The average Bonchev–Trinajstić information content (AvgIpc) is 2.84. The maximum atomic E-state index is 13.1. The summed E-state index contributed by atoms with van der Waals surface area (Å²) < 4.78 is 0. The van der Waals surface area contributed by atoms with E-state index < -0.39 is 16.7 Å². The van der Waals surface area contributed by atoms with Gasteiger partial charge < -0.3 is 15.5 Å². The number of carbonyl (C=O) groups is 2. The maximum absolute atomic E-state index is 13.1. The molecule has 2 aromatic rings. The summed E-state index contributed by atoms with van der Waals surface area (Å²) in [7, 11) is 0. The second-order valence-corrected chi connectivity index (χ2v) is 9.10. The number of hydrogen-bond acceptors (Lipinski definition) is 4. The highest BCUT2D eigenvalue weighted by Crippen LogP contribution is 2.40. The van der Waals surface area contributed by atoms with Crippen LogP contribution in [0, 0.1) is 0 Å². The summed E-state index contributed by atoms with van der Waals surface area (Å²) in [5.74, 6) is -0.691. The number of pyridine rings is 1. The van der Waals surface area contributed by atoms with Crippen molar-refractivity contribution >= 4 is 35.0 Å². The fourth-order valence-electron chi connectivity index (χ4n) is 4.37. The first kappa shape index (κ1) is 23.5. The molecule has 0 spiro atoms. The Morgan fingerprint density at radius 1 is 1.18 bits per heavy atom.